The Labute approximate surface area is 122 Å². The van der Waals surface area contributed by atoms with Crippen molar-refractivity contribution >= 4 is 11.6 Å². The third-order valence-corrected chi connectivity index (χ3v) is 4.37. The van der Waals surface area contributed by atoms with Gasteiger partial charge in [0.1, 0.15) is 18.0 Å². The van der Waals surface area contributed by atoms with Crippen molar-refractivity contribution in [1.29, 1.82) is 0 Å². The van der Waals surface area contributed by atoms with Crippen LogP contribution in [0.2, 0.25) is 0 Å². The number of hydrogen-bond acceptors (Lipinski definition) is 4. The predicted molar refractivity (Wildman–Crippen MR) is 85.2 cm³/mol. The lowest BCUT2D eigenvalue weighted by molar-refractivity contribution is 0.233. The summed E-state index contributed by atoms with van der Waals surface area (Å²) in [5, 5.41) is 6.91. The smallest absolute Gasteiger partial charge is 0.134 e. The van der Waals surface area contributed by atoms with Crippen molar-refractivity contribution in [3.05, 3.63) is 11.9 Å². The Morgan fingerprint density at radius 2 is 1.75 bits per heavy atom. The summed E-state index contributed by atoms with van der Waals surface area (Å²) in [6, 6.07) is 0. The highest BCUT2D eigenvalue weighted by atomic mass is 15.1. The number of nitrogens with zero attached hydrogens (tertiary/aromatic N) is 2. The second-order valence-corrected chi connectivity index (χ2v) is 6.35. The van der Waals surface area contributed by atoms with Crippen molar-refractivity contribution in [2.24, 2.45) is 5.41 Å². The highest BCUT2D eigenvalue weighted by molar-refractivity contribution is 5.56. The third kappa shape index (κ3) is 3.84. The van der Waals surface area contributed by atoms with Gasteiger partial charge in [-0.1, -0.05) is 33.1 Å². The van der Waals surface area contributed by atoms with E-state index in [1.807, 2.05) is 0 Å². The molecule has 2 rings (SSSR count). The molecule has 1 aliphatic carbocycles. The van der Waals surface area contributed by atoms with Gasteiger partial charge in [0.25, 0.3) is 0 Å². The minimum absolute atomic E-state index is 0.423. The van der Waals surface area contributed by atoms with Crippen LogP contribution in [-0.4, -0.2) is 23.1 Å². The van der Waals surface area contributed by atoms with Crippen LogP contribution < -0.4 is 10.6 Å². The summed E-state index contributed by atoms with van der Waals surface area (Å²) in [5.74, 6) is 1.93. The molecule has 0 aliphatic heterocycles. The largest absolute Gasteiger partial charge is 0.370 e. The normalized spacial score (nSPS) is 17.8. The second kappa shape index (κ2) is 6.91. The average molecular weight is 276 g/mol. The van der Waals surface area contributed by atoms with Crippen LogP contribution in [0.3, 0.4) is 0 Å². The molecule has 20 heavy (non-hydrogen) atoms. The Hall–Kier alpha value is -1.32. The topological polar surface area (TPSA) is 49.8 Å². The molecule has 112 valence electrons. The van der Waals surface area contributed by atoms with E-state index in [9.17, 15) is 0 Å². The van der Waals surface area contributed by atoms with Crippen LogP contribution in [0.1, 0.15) is 57.9 Å². The van der Waals surface area contributed by atoms with E-state index in [0.717, 1.165) is 36.7 Å². The van der Waals surface area contributed by atoms with Crippen LogP contribution in [0.5, 0.6) is 0 Å². The maximum Gasteiger partial charge on any atom is 0.134 e. The molecule has 0 bridgehead atoms. The summed E-state index contributed by atoms with van der Waals surface area (Å²) in [7, 11) is 0. The Morgan fingerprint density at radius 1 is 1.10 bits per heavy atom. The molecular formula is C16H28N4. The predicted octanol–water partition coefficient (Wildman–Crippen LogP) is 3.99. The number of hydrogen-bond donors (Lipinski definition) is 2. The third-order valence-electron chi connectivity index (χ3n) is 4.37. The zero-order valence-corrected chi connectivity index (χ0v) is 13.1. The van der Waals surface area contributed by atoms with E-state index in [1.54, 1.807) is 6.33 Å². The molecule has 1 fully saturated rings. The Bertz CT molecular complexity index is 424. The molecular weight excluding hydrogens is 248 g/mol. The molecule has 1 aliphatic rings. The molecule has 0 amide bonds. The van der Waals surface area contributed by atoms with Crippen LogP contribution in [-0.2, 0) is 0 Å². The van der Waals surface area contributed by atoms with Gasteiger partial charge in [-0.3, -0.25) is 0 Å². The van der Waals surface area contributed by atoms with Gasteiger partial charge in [0, 0.05) is 18.7 Å². The van der Waals surface area contributed by atoms with E-state index in [0.29, 0.717) is 5.41 Å². The fourth-order valence-corrected chi connectivity index (χ4v) is 2.93. The summed E-state index contributed by atoms with van der Waals surface area (Å²) in [6.07, 6.45) is 9.53. The minimum Gasteiger partial charge on any atom is -0.370 e. The molecule has 1 aromatic rings. The van der Waals surface area contributed by atoms with Crippen LogP contribution >= 0.6 is 0 Å². The lowest BCUT2D eigenvalue weighted by Gasteiger charge is -2.34. The molecule has 1 aromatic heterocycles. The van der Waals surface area contributed by atoms with E-state index < -0.39 is 0 Å². The highest BCUT2D eigenvalue weighted by Gasteiger charge is 2.26. The van der Waals surface area contributed by atoms with Gasteiger partial charge in [0.2, 0.25) is 0 Å². The zero-order valence-electron chi connectivity index (χ0n) is 13.1. The summed E-state index contributed by atoms with van der Waals surface area (Å²) in [6.45, 7) is 8.61. The number of nitrogens with one attached hydrogen (secondary N) is 2. The van der Waals surface area contributed by atoms with Gasteiger partial charge < -0.3 is 10.6 Å². The fraction of sp³-hybridized carbons (Fsp3) is 0.750. The molecule has 4 heteroatoms. The Morgan fingerprint density at radius 3 is 2.40 bits per heavy atom. The summed E-state index contributed by atoms with van der Waals surface area (Å²) in [5.41, 5.74) is 1.55. The SMILES string of the molecule is CCCNc1ncnc(NCC2(C)CCCCC2)c1C. The first-order valence-electron chi connectivity index (χ1n) is 7.94. The zero-order chi connectivity index (χ0) is 14.4. The summed E-state index contributed by atoms with van der Waals surface area (Å²) < 4.78 is 0. The lowest BCUT2D eigenvalue weighted by atomic mass is 9.76. The molecule has 0 radical (unpaired) electrons. The van der Waals surface area contributed by atoms with E-state index in [1.165, 1.54) is 32.1 Å². The maximum atomic E-state index is 4.40. The Kier molecular flexibility index (Phi) is 5.21. The van der Waals surface area contributed by atoms with Gasteiger partial charge in [0.15, 0.2) is 0 Å². The first kappa shape index (κ1) is 15.1. The van der Waals surface area contributed by atoms with Gasteiger partial charge in [-0.05, 0) is 31.6 Å². The van der Waals surface area contributed by atoms with Gasteiger partial charge >= 0.3 is 0 Å². The van der Waals surface area contributed by atoms with E-state index in [-0.39, 0.29) is 0 Å². The first-order valence-corrected chi connectivity index (χ1v) is 7.94. The van der Waals surface area contributed by atoms with Crippen LogP contribution in [0, 0.1) is 12.3 Å². The summed E-state index contributed by atoms with van der Waals surface area (Å²) in [4.78, 5) is 8.73. The first-order chi connectivity index (χ1) is 9.64. The highest BCUT2D eigenvalue weighted by Crippen LogP contribution is 2.36. The molecule has 2 N–H and O–H groups in total. The summed E-state index contributed by atoms with van der Waals surface area (Å²) >= 11 is 0. The van der Waals surface area contributed by atoms with Gasteiger partial charge in [-0.25, -0.2) is 9.97 Å². The second-order valence-electron chi connectivity index (χ2n) is 6.35. The van der Waals surface area contributed by atoms with E-state index in [4.69, 9.17) is 0 Å². The molecule has 0 saturated heterocycles. The molecule has 0 aromatic carbocycles. The number of anilines is 2. The average Bonchev–Trinajstić information content (AvgIpc) is 2.46. The molecule has 0 unspecified atom stereocenters. The maximum absolute atomic E-state index is 4.40. The lowest BCUT2D eigenvalue weighted by Crippen LogP contribution is -2.29. The molecule has 4 nitrogen and oxygen atoms in total. The number of rotatable bonds is 6. The molecule has 0 spiro atoms. The molecule has 0 atom stereocenters. The van der Waals surface area contributed by atoms with E-state index >= 15 is 0 Å². The van der Waals surface area contributed by atoms with Crippen molar-refractivity contribution in [2.75, 3.05) is 23.7 Å². The van der Waals surface area contributed by atoms with Gasteiger partial charge in [0.05, 0.1) is 0 Å². The standard InChI is InChI=1S/C16H28N4/c1-4-10-17-14-13(2)15(20-12-19-14)18-11-16(3)8-6-5-7-9-16/h12H,4-11H2,1-3H3,(H2,17,18,19,20). The van der Waals surface area contributed by atoms with Crippen LogP contribution in [0.15, 0.2) is 6.33 Å². The van der Waals surface area contributed by atoms with Crippen molar-refractivity contribution in [1.82, 2.24) is 9.97 Å². The van der Waals surface area contributed by atoms with Crippen molar-refractivity contribution in [3.63, 3.8) is 0 Å². The fourth-order valence-electron chi connectivity index (χ4n) is 2.93. The van der Waals surface area contributed by atoms with Crippen LogP contribution in [0.4, 0.5) is 11.6 Å². The van der Waals surface area contributed by atoms with E-state index in [2.05, 4.69) is 41.4 Å². The quantitative estimate of drug-likeness (QED) is 0.825. The number of aromatic nitrogens is 2. The van der Waals surface area contributed by atoms with Crippen molar-refractivity contribution in [2.45, 2.75) is 59.3 Å². The molecule has 1 saturated carbocycles. The molecule has 1 heterocycles. The van der Waals surface area contributed by atoms with Crippen molar-refractivity contribution < 1.29 is 0 Å². The monoisotopic (exact) mass is 276 g/mol. The van der Waals surface area contributed by atoms with Gasteiger partial charge in [-0.15, -0.1) is 0 Å². The van der Waals surface area contributed by atoms with Gasteiger partial charge in [-0.2, -0.15) is 0 Å². The Balaban J connectivity index is 1.98. The van der Waals surface area contributed by atoms with Crippen molar-refractivity contribution in [3.8, 4) is 0 Å². The minimum atomic E-state index is 0.423. The van der Waals surface area contributed by atoms with Crippen LogP contribution in [0.25, 0.3) is 0 Å².